The summed E-state index contributed by atoms with van der Waals surface area (Å²) < 4.78 is 12.9. The van der Waals surface area contributed by atoms with E-state index in [0.717, 1.165) is 12.0 Å². The molecular weight excluding hydrogens is 227 g/mol. The van der Waals surface area contributed by atoms with E-state index in [2.05, 4.69) is 26.1 Å². The van der Waals surface area contributed by atoms with Gasteiger partial charge in [0.15, 0.2) is 0 Å². The molecule has 100 valence electrons. The summed E-state index contributed by atoms with van der Waals surface area (Å²) in [5.41, 5.74) is 9.59. The SMILES string of the molecule is CC/C(=C(/NC)C(C)C)C(N)c1ccc(F)cc1. The average Bonchev–Trinajstić information content (AvgIpc) is 2.35. The molecule has 0 heterocycles. The van der Waals surface area contributed by atoms with E-state index < -0.39 is 0 Å². The van der Waals surface area contributed by atoms with Crippen molar-refractivity contribution >= 4 is 0 Å². The van der Waals surface area contributed by atoms with Crippen LogP contribution in [-0.4, -0.2) is 7.05 Å². The third kappa shape index (κ3) is 3.33. The number of hydrogen-bond donors (Lipinski definition) is 2. The number of nitrogens with two attached hydrogens (primary N) is 1. The zero-order chi connectivity index (χ0) is 13.7. The van der Waals surface area contributed by atoms with Crippen molar-refractivity contribution in [2.24, 2.45) is 11.7 Å². The molecule has 1 aromatic carbocycles. The lowest BCUT2D eigenvalue weighted by Gasteiger charge is -2.22. The maximum absolute atomic E-state index is 12.9. The summed E-state index contributed by atoms with van der Waals surface area (Å²) in [4.78, 5) is 0. The number of halogens is 1. The molecule has 0 amide bonds. The van der Waals surface area contributed by atoms with E-state index in [1.54, 1.807) is 12.1 Å². The summed E-state index contributed by atoms with van der Waals surface area (Å²) in [5.74, 6) is 0.169. The van der Waals surface area contributed by atoms with Crippen molar-refractivity contribution in [3.8, 4) is 0 Å². The van der Waals surface area contributed by atoms with E-state index in [1.165, 1.54) is 23.4 Å². The predicted octanol–water partition coefficient (Wildman–Crippen LogP) is 3.37. The van der Waals surface area contributed by atoms with Gasteiger partial charge in [0, 0.05) is 12.7 Å². The number of nitrogens with one attached hydrogen (secondary N) is 1. The van der Waals surface area contributed by atoms with Gasteiger partial charge in [-0.2, -0.15) is 0 Å². The summed E-state index contributed by atoms with van der Waals surface area (Å²) in [7, 11) is 1.92. The third-order valence-corrected chi connectivity index (χ3v) is 3.18. The number of hydrogen-bond acceptors (Lipinski definition) is 2. The van der Waals surface area contributed by atoms with Crippen LogP contribution in [-0.2, 0) is 0 Å². The largest absolute Gasteiger partial charge is 0.391 e. The molecule has 3 N–H and O–H groups in total. The first-order valence-corrected chi connectivity index (χ1v) is 6.43. The highest BCUT2D eigenvalue weighted by Crippen LogP contribution is 2.26. The molecule has 1 aromatic rings. The molecule has 1 atom stereocenters. The zero-order valence-corrected chi connectivity index (χ0v) is 11.6. The Morgan fingerprint density at radius 3 is 2.22 bits per heavy atom. The van der Waals surface area contributed by atoms with Crippen molar-refractivity contribution in [2.75, 3.05) is 7.05 Å². The molecule has 1 unspecified atom stereocenters. The van der Waals surface area contributed by atoms with E-state index >= 15 is 0 Å². The lowest BCUT2D eigenvalue weighted by Crippen LogP contribution is -2.22. The van der Waals surface area contributed by atoms with Crippen LogP contribution in [0.3, 0.4) is 0 Å². The minimum atomic E-state index is -0.231. The Kier molecular flexibility index (Phi) is 5.35. The van der Waals surface area contributed by atoms with E-state index in [4.69, 9.17) is 5.73 Å². The summed E-state index contributed by atoms with van der Waals surface area (Å²) in [6.45, 7) is 6.37. The van der Waals surface area contributed by atoms with Crippen molar-refractivity contribution < 1.29 is 4.39 Å². The summed E-state index contributed by atoms with van der Waals surface area (Å²) >= 11 is 0. The third-order valence-electron chi connectivity index (χ3n) is 3.18. The van der Waals surface area contributed by atoms with Crippen LogP contribution in [0.5, 0.6) is 0 Å². The van der Waals surface area contributed by atoms with Gasteiger partial charge in [-0.1, -0.05) is 32.9 Å². The smallest absolute Gasteiger partial charge is 0.123 e. The fraction of sp³-hybridized carbons (Fsp3) is 0.467. The monoisotopic (exact) mass is 250 g/mol. The molecule has 1 rings (SSSR count). The van der Waals surface area contributed by atoms with E-state index in [0.29, 0.717) is 5.92 Å². The Morgan fingerprint density at radius 2 is 1.83 bits per heavy atom. The molecule has 2 nitrogen and oxygen atoms in total. The Morgan fingerprint density at radius 1 is 1.28 bits per heavy atom. The highest BCUT2D eigenvalue weighted by Gasteiger charge is 2.16. The van der Waals surface area contributed by atoms with E-state index in [9.17, 15) is 4.39 Å². The van der Waals surface area contributed by atoms with Crippen LogP contribution < -0.4 is 11.1 Å². The topological polar surface area (TPSA) is 38.0 Å². The van der Waals surface area contributed by atoms with Crippen LogP contribution in [0.15, 0.2) is 35.5 Å². The maximum atomic E-state index is 12.9. The molecule has 0 saturated carbocycles. The van der Waals surface area contributed by atoms with Crippen molar-refractivity contribution in [3.05, 3.63) is 46.9 Å². The van der Waals surface area contributed by atoms with Crippen molar-refractivity contribution in [1.82, 2.24) is 5.32 Å². The first kappa shape index (κ1) is 14.7. The lowest BCUT2D eigenvalue weighted by atomic mass is 9.92. The summed E-state index contributed by atoms with van der Waals surface area (Å²) in [5, 5.41) is 3.24. The Hall–Kier alpha value is -1.35. The summed E-state index contributed by atoms with van der Waals surface area (Å²) in [6.07, 6.45) is 0.882. The Labute approximate surface area is 109 Å². The second kappa shape index (κ2) is 6.55. The molecule has 0 bridgehead atoms. The summed E-state index contributed by atoms with van der Waals surface area (Å²) in [6, 6.07) is 6.24. The van der Waals surface area contributed by atoms with Gasteiger partial charge in [0.25, 0.3) is 0 Å². The molecule has 0 radical (unpaired) electrons. The van der Waals surface area contributed by atoms with Gasteiger partial charge >= 0.3 is 0 Å². The van der Waals surface area contributed by atoms with E-state index in [-0.39, 0.29) is 11.9 Å². The minimum Gasteiger partial charge on any atom is -0.391 e. The predicted molar refractivity (Wildman–Crippen MR) is 74.5 cm³/mol. The van der Waals surface area contributed by atoms with Crippen molar-refractivity contribution in [1.29, 1.82) is 0 Å². The molecule has 3 heteroatoms. The number of benzene rings is 1. The fourth-order valence-corrected chi connectivity index (χ4v) is 2.27. The molecule has 0 aliphatic rings. The Bertz CT molecular complexity index is 407. The lowest BCUT2D eigenvalue weighted by molar-refractivity contribution is 0.623. The quantitative estimate of drug-likeness (QED) is 0.841. The number of allylic oxidation sites excluding steroid dienone is 1. The van der Waals surface area contributed by atoms with Crippen LogP contribution in [0.25, 0.3) is 0 Å². The van der Waals surface area contributed by atoms with Crippen LogP contribution in [0.1, 0.15) is 38.8 Å². The van der Waals surface area contributed by atoms with Crippen LogP contribution in [0.2, 0.25) is 0 Å². The Balaban J connectivity index is 3.12. The van der Waals surface area contributed by atoms with Gasteiger partial charge in [0.05, 0.1) is 6.04 Å². The molecule has 0 fully saturated rings. The highest BCUT2D eigenvalue weighted by molar-refractivity contribution is 5.31. The molecular formula is C15H23FN2. The minimum absolute atomic E-state index is 0.180. The average molecular weight is 250 g/mol. The van der Waals surface area contributed by atoms with Gasteiger partial charge < -0.3 is 11.1 Å². The normalized spacial score (nSPS) is 14.4. The van der Waals surface area contributed by atoms with Gasteiger partial charge in [-0.3, -0.25) is 0 Å². The van der Waals surface area contributed by atoms with Crippen LogP contribution in [0, 0.1) is 11.7 Å². The molecule has 0 spiro atoms. The second-order valence-corrected chi connectivity index (χ2v) is 4.73. The van der Waals surface area contributed by atoms with Crippen molar-refractivity contribution in [2.45, 2.75) is 33.2 Å². The molecule has 0 saturated heterocycles. The number of rotatable bonds is 5. The van der Waals surface area contributed by atoms with Crippen LogP contribution >= 0.6 is 0 Å². The van der Waals surface area contributed by atoms with Crippen LogP contribution in [0.4, 0.5) is 4.39 Å². The highest BCUT2D eigenvalue weighted by atomic mass is 19.1. The van der Waals surface area contributed by atoms with Gasteiger partial charge in [0.1, 0.15) is 5.82 Å². The van der Waals surface area contributed by atoms with Gasteiger partial charge in [-0.05, 0) is 35.6 Å². The standard InChI is InChI=1S/C15H23FN2/c1-5-13(15(18-4)10(2)3)14(17)11-6-8-12(16)9-7-11/h6-10,14,18H,5,17H2,1-4H3/b15-13-. The molecule has 0 aliphatic heterocycles. The maximum Gasteiger partial charge on any atom is 0.123 e. The first-order chi connectivity index (χ1) is 8.51. The van der Waals surface area contributed by atoms with E-state index in [1.807, 2.05) is 7.05 Å². The van der Waals surface area contributed by atoms with Crippen molar-refractivity contribution in [3.63, 3.8) is 0 Å². The molecule has 0 aliphatic carbocycles. The fourth-order valence-electron chi connectivity index (χ4n) is 2.27. The second-order valence-electron chi connectivity index (χ2n) is 4.73. The molecule has 18 heavy (non-hydrogen) atoms. The van der Waals surface area contributed by atoms with Gasteiger partial charge in [0.2, 0.25) is 0 Å². The van der Waals surface area contributed by atoms with Gasteiger partial charge in [-0.15, -0.1) is 0 Å². The zero-order valence-electron chi connectivity index (χ0n) is 11.6. The van der Waals surface area contributed by atoms with Gasteiger partial charge in [-0.25, -0.2) is 4.39 Å². The molecule has 0 aromatic heterocycles. The first-order valence-electron chi connectivity index (χ1n) is 6.43.